The first-order valence-corrected chi connectivity index (χ1v) is 8.67. The van der Waals surface area contributed by atoms with Gasteiger partial charge in [-0.15, -0.1) is 0 Å². The Morgan fingerprint density at radius 1 is 1.32 bits per heavy atom. The van der Waals surface area contributed by atoms with Crippen LogP contribution in [0.2, 0.25) is 0 Å². The molecule has 22 heavy (non-hydrogen) atoms. The summed E-state index contributed by atoms with van der Waals surface area (Å²) in [4.78, 5) is 2.47. The van der Waals surface area contributed by atoms with Gasteiger partial charge in [0.2, 0.25) is 0 Å². The molecule has 1 N–H and O–H groups in total. The van der Waals surface area contributed by atoms with Crippen LogP contribution >= 0.6 is 15.9 Å². The van der Waals surface area contributed by atoms with Gasteiger partial charge in [-0.2, -0.15) is 0 Å². The first-order chi connectivity index (χ1) is 10.6. The number of aliphatic hydroxyl groups excluding tert-OH is 1. The van der Waals surface area contributed by atoms with Crippen LogP contribution in [-0.4, -0.2) is 42.9 Å². The second-order valence-corrected chi connectivity index (χ2v) is 6.77. The van der Waals surface area contributed by atoms with E-state index in [1.807, 2.05) is 13.0 Å². The second kappa shape index (κ2) is 8.18. The first-order valence-electron chi connectivity index (χ1n) is 7.88. The zero-order valence-electron chi connectivity index (χ0n) is 13.6. The van der Waals surface area contributed by atoms with Gasteiger partial charge >= 0.3 is 0 Å². The van der Waals surface area contributed by atoms with Gasteiger partial charge in [-0.25, -0.2) is 0 Å². The number of aliphatic hydroxyl groups is 1. The van der Waals surface area contributed by atoms with Crippen molar-refractivity contribution >= 4 is 15.9 Å². The van der Waals surface area contributed by atoms with E-state index < -0.39 is 0 Å². The minimum Gasteiger partial charge on any atom is -0.493 e. The Balaban J connectivity index is 2.17. The maximum atomic E-state index is 9.72. The van der Waals surface area contributed by atoms with Gasteiger partial charge in [0.05, 0.1) is 24.8 Å². The molecule has 1 saturated heterocycles. The number of ether oxygens (including phenoxy) is 2. The molecule has 1 aromatic carbocycles. The lowest BCUT2D eigenvalue weighted by Gasteiger charge is -2.36. The molecule has 2 rings (SSSR count). The van der Waals surface area contributed by atoms with E-state index >= 15 is 0 Å². The van der Waals surface area contributed by atoms with Crippen molar-refractivity contribution in [2.75, 3.05) is 20.8 Å². The molecule has 0 saturated carbocycles. The van der Waals surface area contributed by atoms with Gasteiger partial charge in [0.15, 0.2) is 11.5 Å². The molecule has 0 amide bonds. The fourth-order valence-electron chi connectivity index (χ4n) is 3.20. The van der Waals surface area contributed by atoms with Crippen LogP contribution < -0.4 is 9.47 Å². The highest BCUT2D eigenvalue weighted by Crippen LogP contribution is 2.38. The zero-order chi connectivity index (χ0) is 16.1. The van der Waals surface area contributed by atoms with Crippen LogP contribution in [0.15, 0.2) is 16.6 Å². The molecule has 0 bridgehead atoms. The van der Waals surface area contributed by atoms with Crippen molar-refractivity contribution in [2.45, 2.75) is 51.3 Å². The number of benzene rings is 1. The fourth-order valence-corrected chi connectivity index (χ4v) is 3.81. The first kappa shape index (κ1) is 17.6. The van der Waals surface area contributed by atoms with Crippen molar-refractivity contribution in [3.63, 3.8) is 0 Å². The van der Waals surface area contributed by atoms with E-state index in [1.165, 1.54) is 18.4 Å². The predicted molar refractivity (Wildman–Crippen MR) is 91.6 cm³/mol. The Labute approximate surface area is 141 Å². The number of piperidine rings is 1. The SMILES string of the molecule is COc1ccc(CN2CCCCC2CC(C)O)c(Br)c1OC. The Morgan fingerprint density at radius 2 is 2.09 bits per heavy atom. The summed E-state index contributed by atoms with van der Waals surface area (Å²) < 4.78 is 11.7. The molecule has 1 aliphatic heterocycles. The predicted octanol–water partition coefficient (Wildman–Crippen LogP) is 3.59. The van der Waals surface area contributed by atoms with Crippen molar-refractivity contribution in [2.24, 2.45) is 0 Å². The van der Waals surface area contributed by atoms with Crippen LogP contribution in [0.4, 0.5) is 0 Å². The Morgan fingerprint density at radius 3 is 2.73 bits per heavy atom. The van der Waals surface area contributed by atoms with Crippen LogP contribution in [0.1, 0.15) is 38.2 Å². The Kier molecular flexibility index (Phi) is 6.53. The minimum absolute atomic E-state index is 0.251. The number of nitrogens with zero attached hydrogens (tertiary/aromatic N) is 1. The normalized spacial score (nSPS) is 20.7. The van der Waals surface area contributed by atoms with Gasteiger partial charge in [-0.1, -0.05) is 12.5 Å². The molecule has 2 unspecified atom stereocenters. The average Bonchev–Trinajstić information content (AvgIpc) is 2.50. The second-order valence-electron chi connectivity index (χ2n) is 5.98. The lowest BCUT2D eigenvalue weighted by atomic mass is 9.96. The number of methoxy groups -OCH3 is 2. The molecule has 1 aromatic rings. The quantitative estimate of drug-likeness (QED) is 0.829. The van der Waals surface area contributed by atoms with E-state index in [2.05, 4.69) is 26.9 Å². The van der Waals surface area contributed by atoms with E-state index in [1.54, 1.807) is 14.2 Å². The van der Waals surface area contributed by atoms with Crippen LogP contribution in [0, 0.1) is 0 Å². The molecule has 2 atom stereocenters. The molecule has 1 heterocycles. The van der Waals surface area contributed by atoms with Crippen molar-refractivity contribution < 1.29 is 14.6 Å². The molecule has 0 spiro atoms. The largest absolute Gasteiger partial charge is 0.493 e. The van der Waals surface area contributed by atoms with E-state index in [0.29, 0.717) is 6.04 Å². The Bertz CT molecular complexity index is 493. The fraction of sp³-hybridized carbons (Fsp3) is 0.647. The van der Waals surface area contributed by atoms with Crippen molar-refractivity contribution in [3.8, 4) is 11.5 Å². The number of rotatable bonds is 6. The van der Waals surface area contributed by atoms with Gasteiger partial charge in [0.25, 0.3) is 0 Å². The summed E-state index contributed by atoms with van der Waals surface area (Å²) >= 11 is 3.65. The van der Waals surface area contributed by atoms with E-state index in [9.17, 15) is 5.11 Å². The molecular formula is C17H26BrNO3. The summed E-state index contributed by atoms with van der Waals surface area (Å²) in [5.41, 5.74) is 1.19. The highest BCUT2D eigenvalue weighted by Gasteiger charge is 2.25. The third-order valence-corrected chi connectivity index (χ3v) is 5.17. The average molecular weight is 372 g/mol. The summed E-state index contributed by atoms with van der Waals surface area (Å²) in [7, 11) is 3.30. The smallest absolute Gasteiger partial charge is 0.175 e. The number of halogens is 1. The third-order valence-electron chi connectivity index (χ3n) is 4.30. The maximum Gasteiger partial charge on any atom is 0.175 e. The standard InChI is InChI=1S/C17H26BrNO3/c1-12(20)10-14-6-4-5-9-19(14)11-13-7-8-15(21-2)17(22-3)16(13)18/h7-8,12,14,20H,4-6,9-11H2,1-3H3. The highest BCUT2D eigenvalue weighted by molar-refractivity contribution is 9.10. The summed E-state index contributed by atoms with van der Waals surface area (Å²) in [6.07, 6.45) is 4.22. The van der Waals surface area contributed by atoms with Gasteiger partial charge in [-0.05, 0) is 60.3 Å². The van der Waals surface area contributed by atoms with Crippen LogP contribution in [-0.2, 0) is 6.54 Å². The van der Waals surface area contributed by atoms with Crippen LogP contribution in [0.3, 0.4) is 0 Å². The molecule has 0 radical (unpaired) electrons. The zero-order valence-corrected chi connectivity index (χ0v) is 15.2. The number of hydrogen-bond acceptors (Lipinski definition) is 4. The molecular weight excluding hydrogens is 346 g/mol. The summed E-state index contributed by atoms with van der Waals surface area (Å²) in [5.74, 6) is 1.47. The topological polar surface area (TPSA) is 41.9 Å². The Hall–Kier alpha value is -0.780. The monoisotopic (exact) mass is 371 g/mol. The van der Waals surface area contributed by atoms with Gasteiger partial charge in [-0.3, -0.25) is 4.90 Å². The highest BCUT2D eigenvalue weighted by atomic mass is 79.9. The molecule has 4 nitrogen and oxygen atoms in total. The molecule has 0 aliphatic carbocycles. The van der Waals surface area contributed by atoms with Gasteiger partial charge in [0.1, 0.15) is 0 Å². The van der Waals surface area contributed by atoms with Crippen molar-refractivity contribution in [1.82, 2.24) is 4.90 Å². The molecule has 5 heteroatoms. The summed E-state index contributed by atoms with van der Waals surface area (Å²) in [6, 6.07) is 4.49. The maximum absolute atomic E-state index is 9.72. The lowest BCUT2D eigenvalue weighted by molar-refractivity contribution is 0.0815. The lowest BCUT2D eigenvalue weighted by Crippen LogP contribution is -2.40. The van der Waals surface area contributed by atoms with Crippen LogP contribution in [0.25, 0.3) is 0 Å². The van der Waals surface area contributed by atoms with Crippen LogP contribution in [0.5, 0.6) is 11.5 Å². The summed E-state index contributed by atoms with van der Waals surface area (Å²) in [6.45, 7) is 3.82. The van der Waals surface area contributed by atoms with E-state index in [0.717, 1.165) is 41.9 Å². The molecule has 1 fully saturated rings. The molecule has 1 aliphatic rings. The van der Waals surface area contributed by atoms with Gasteiger partial charge < -0.3 is 14.6 Å². The molecule has 0 aromatic heterocycles. The minimum atomic E-state index is -0.251. The van der Waals surface area contributed by atoms with E-state index in [4.69, 9.17) is 9.47 Å². The molecule has 124 valence electrons. The third kappa shape index (κ3) is 4.15. The van der Waals surface area contributed by atoms with E-state index in [-0.39, 0.29) is 6.10 Å². The van der Waals surface area contributed by atoms with Crippen molar-refractivity contribution in [3.05, 3.63) is 22.2 Å². The number of likely N-dealkylation sites (tertiary alicyclic amines) is 1. The number of hydrogen-bond donors (Lipinski definition) is 1. The summed E-state index contributed by atoms with van der Waals surface area (Å²) in [5, 5.41) is 9.72. The van der Waals surface area contributed by atoms with Crippen molar-refractivity contribution in [1.29, 1.82) is 0 Å². The van der Waals surface area contributed by atoms with Gasteiger partial charge in [0, 0.05) is 12.6 Å².